The molecule has 0 saturated carbocycles. The molecule has 1 atom stereocenters. The molecule has 1 aliphatic rings. The minimum Gasteiger partial charge on any atom is -0.368 e. The van der Waals surface area contributed by atoms with E-state index >= 15 is 0 Å². The number of nitrogen functional groups attached to an aromatic ring is 1. The van der Waals surface area contributed by atoms with E-state index in [4.69, 9.17) is 5.73 Å². The molecule has 0 aliphatic carbocycles. The fraction of sp³-hybridized carbons (Fsp3) is 0.786. The summed E-state index contributed by atoms with van der Waals surface area (Å²) in [4.78, 5) is 17.6. The fourth-order valence-corrected chi connectivity index (χ4v) is 2.43. The molecule has 0 amide bonds. The molecular formula is C14H26N6. The fourth-order valence-electron chi connectivity index (χ4n) is 2.43. The first-order valence-corrected chi connectivity index (χ1v) is 7.65. The highest BCUT2D eigenvalue weighted by atomic mass is 15.4. The summed E-state index contributed by atoms with van der Waals surface area (Å²) in [7, 11) is 0. The van der Waals surface area contributed by atoms with Crippen LogP contribution in [0.5, 0.6) is 0 Å². The predicted molar refractivity (Wildman–Crippen MR) is 83.0 cm³/mol. The lowest BCUT2D eigenvalue weighted by molar-refractivity contribution is 0.542. The third-order valence-corrected chi connectivity index (χ3v) is 3.91. The smallest absolute Gasteiger partial charge is 0.231 e. The van der Waals surface area contributed by atoms with Crippen molar-refractivity contribution in [3.05, 3.63) is 0 Å². The second-order valence-electron chi connectivity index (χ2n) is 5.54. The minimum atomic E-state index is 0.319. The van der Waals surface area contributed by atoms with Crippen LogP contribution in [0.1, 0.15) is 40.0 Å². The molecule has 1 fully saturated rings. The Bertz CT molecular complexity index is 430. The van der Waals surface area contributed by atoms with Crippen LogP contribution in [-0.2, 0) is 0 Å². The average Bonchev–Trinajstić information content (AvgIpc) is 2.97. The van der Waals surface area contributed by atoms with E-state index < -0.39 is 0 Å². The van der Waals surface area contributed by atoms with E-state index in [-0.39, 0.29) is 0 Å². The summed E-state index contributed by atoms with van der Waals surface area (Å²) in [5.41, 5.74) is 5.87. The van der Waals surface area contributed by atoms with Crippen LogP contribution in [0.25, 0.3) is 0 Å². The first kappa shape index (κ1) is 14.8. The van der Waals surface area contributed by atoms with Crippen molar-refractivity contribution < 1.29 is 0 Å². The number of anilines is 3. The van der Waals surface area contributed by atoms with Gasteiger partial charge >= 0.3 is 0 Å². The van der Waals surface area contributed by atoms with E-state index in [9.17, 15) is 0 Å². The zero-order valence-electron chi connectivity index (χ0n) is 12.8. The zero-order chi connectivity index (χ0) is 14.5. The molecule has 112 valence electrons. The molecule has 1 unspecified atom stereocenters. The van der Waals surface area contributed by atoms with Gasteiger partial charge in [0.2, 0.25) is 17.8 Å². The van der Waals surface area contributed by atoms with Crippen molar-refractivity contribution in [3.8, 4) is 0 Å². The summed E-state index contributed by atoms with van der Waals surface area (Å²) in [6, 6.07) is 0. The van der Waals surface area contributed by atoms with Crippen molar-refractivity contribution in [1.29, 1.82) is 0 Å². The molecule has 0 spiro atoms. The van der Waals surface area contributed by atoms with Gasteiger partial charge in [0.15, 0.2) is 0 Å². The lowest BCUT2D eigenvalue weighted by Gasteiger charge is -2.25. The normalized spacial score (nSPS) is 16.4. The first-order valence-electron chi connectivity index (χ1n) is 7.65. The molecule has 1 aromatic rings. The Morgan fingerprint density at radius 1 is 1.20 bits per heavy atom. The zero-order valence-corrected chi connectivity index (χ0v) is 12.8. The van der Waals surface area contributed by atoms with Crippen LogP contribution in [-0.4, -0.2) is 41.1 Å². The van der Waals surface area contributed by atoms with Gasteiger partial charge in [-0.05, 0) is 25.7 Å². The Hall–Kier alpha value is -1.59. The SMILES string of the molecule is CCC(C)CN(CC)c1nc(N)nc(N2CCCC2)n1. The molecular weight excluding hydrogens is 252 g/mol. The van der Waals surface area contributed by atoms with Gasteiger partial charge < -0.3 is 15.5 Å². The van der Waals surface area contributed by atoms with Gasteiger partial charge in [-0.1, -0.05) is 20.3 Å². The van der Waals surface area contributed by atoms with E-state index in [2.05, 4.69) is 45.5 Å². The van der Waals surface area contributed by atoms with Gasteiger partial charge in [-0.2, -0.15) is 15.0 Å². The maximum atomic E-state index is 5.87. The van der Waals surface area contributed by atoms with E-state index in [1.54, 1.807) is 0 Å². The molecule has 0 radical (unpaired) electrons. The van der Waals surface area contributed by atoms with Gasteiger partial charge in [0.25, 0.3) is 0 Å². The molecule has 1 saturated heterocycles. The molecule has 0 aromatic carbocycles. The highest BCUT2D eigenvalue weighted by Crippen LogP contribution is 2.20. The number of rotatable bonds is 6. The van der Waals surface area contributed by atoms with Gasteiger partial charge in [-0.15, -0.1) is 0 Å². The topological polar surface area (TPSA) is 71.2 Å². The lowest BCUT2D eigenvalue weighted by atomic mass is 10.1. The van der Waals surface area contributed by atoms with Gasteiger partial charge in [0, 0.05) is 26.2 Å². The summed E-state index contributed by atoms with van der Waals surface area (Å²) >= 11 is 0. The Kier molecular flexibility index (Phi) is 4.98. The van der Waals surface area contributed by atoms with Gasteiger partial charge in [0.1, 0.15) is 0 Å². The van der Waals surface area contributed by atoms with Crippen molar-refractivity contribution in [2.24, 2.45) is 5.92 Å². The van der Waals surface area contributed by atoms with E-state index in [0.717, 1.165) is 38.5 Å². The molecule has 2 rings (SSSR count). The second kappa shape index (κ2) is 6.72. The summed E-state index contributed by atoms with van der Waals surface area (Å²) in [6.45, 7) is 10.4. The molecule has 20 heavy (non-hydrogen) atoms. The van der Waals surface area contributed by atoms with Crippen LogP contribution in [0.2, 0.25) is 0 Å². The number of aromatic nitrogens is 3. The van der Waals surface area contributed by atoms with E-state index in [0.29, 0.717) is 17.8 Å². The molecule has 1 aromatic heterocycles. The highest BCUT2D eigenvalue weighted by Gasteiger charge is 2.19. The number of nitrogens with zero attached hydrogens (tertiary/aromatic N) is 5. The maximum absolute atomic E-state index is 5.87. The highest BCUT2D eigenvalue weighted by molar-refractivity contribution is 5.44. The maximum Gasteiger partial charge on any atom is 0.231 e. The summed E-state index contributed by atoms with van der Waals surface area (Å²) in [5.74, 6) is 2.37. The van der Waals surface area contributed by atoms with Crippen LogP contribution >= 0.6 is 0 Å². The average molecular weight is 278 g/mol. The molecule has 6 heteroatoms. The quantitative estimate of drug-likeness (QED) is 0.857. The Morgan fingerprint density at radius 3 is 2.50 bits per heavy atom. The second-order valence-corrected chi connectivity index (χ2v) is 5.54. The van der Waals surface area contributed by atoms with Crippen molar-refractivity contribution in [2.75, 3.05) is 41.7 Å². The van der Waals surface area contributed by atoms with Crippen LogP contribution in [0, 0.1) is 5.92 Å². The van der Waals surface area contributed by atoms with Crippen molar-refractivity contribution in [3.63, 3.8) is 0 Å². The number of hydrogen-bond donors (Lipinski definition) is 1. The van der Waals surface area contributed by atoms with Crippen molar-refractivity contribution in [2.45, 2.75) is 40.0 Å². The molecule has 0 bridgehead atoms. The monoisotopic (exact) mass is 278 g/mol. The van der Waals surface area contributed by atoms with E-state index in [1.807, 2.05) is 0 Å². The number of hydrogen-bond acceptors (Lipinski definition) is 6. The molecule has 2 N–H and O–H groups in total. The lowest BCUT2D eigenvalue weighted by Crippen LogP contribution is -2.31. The van der Waals surface area contributed by atoms with Crippen LogP contribution < -0.4 is 15.5 Å². The van der Waals surface area contributed by atoms with Crippen LogP contribution in [0.15, 0.2) is 0 Å². The van der Waals surface area contributed by atoms with Crippen LogP contribution in [0.4, 0.5) is 17.8 Å². The van der Waals surface area contributed by atoms with Crippen molar-refractivity contribution >= 4 is 17.8 Å². The van der Waals surface area contributed by atoms with Gasteiger partial charge in [-0.25, -0.2) is 0 Å². The van der Waals surface area contributed by atoms with Gasteiger partial charge in [0.05, 0.1) is 0 Å². The Balaban J connectivity index is 2.20. The van der Waals surface area contributed by atoms with Gasteiger partial charge in [-0.3, -0.25) is 0 Å². The van der Waals surface area contributed by atoms with Crippen LogP contribution in [0.3, 0.4) is 0 Å². The molecule has 1 aliphatic heterocycles. The first-order chi connectivity index (χ1) is 9.63. The molecule has 2 heterocycles. The summed E-state index contributed by atoms with van der Waals surface area (Å²) in [5, 5.41) is 0. The number of nitrogens with two attached hydrogens (primary N) is 1. The molecule has 6 nitrogen and oxygen atoms in total. The minimum absolute atomic E-state index is 0.319. The third kappa shape index (κ3) is 3.49. The summed E-state index contributed by atoms with van der Waals surface area (Å²) in [6.07, 6.45) is 3.55. The van der Waals surface area contributed by atoms with E-state index in [1.165, 1.54) is 12.8 Å². The Labute approximate surface area is 121 Å². The third-order valence-electron chi connectivity index (χ3n) is 3.91. The standard InChI is InChI=1S/C14H26N6/c1-4-11(3)10-19(5-2)13-16-12(15)17-14(18-13)20-8-6-7-9-20/h11H,4-10H2,1-3H3,(H2,15,16,17,18). The Morgan fingerprint density at radius 2 is 1.90 bits per heavy atom. The largest absolute Gasteiger partial charge is 0.368 e. The summed E-state index contributed by atoms with van der Waals surface area (Å²) < 4.78 is 0. The predicted octanol–water partition coefficient (Wildman–Crippen LogP) is 1.93. The van der Waals surface area contributed by atoms with Crippen molar-refractivity contribution in [1.82, 2.24) is 15.0 Å².